The Morgan fingerprint density at radius 2 is 2.04 bits per heavy atom. The maximum Gasteiger partial charge on any atom is 0.252 e. The highest BCUT2D eigenvalue weighted by Crippen LogP contribution is 2.38. The molecule has 0 radical (unpaired) electrons. The largest absolute Gasteiger partial charge is 0.351 e. The third-order valence-corrected chi connectivity index (χ3v) is 5.30. The molecule has 0 aromatic carbocycles. The van der Waals surface area contributed by atoms with Crippen LogP contribution in [0.5, 0.6) is 0 Å². The van der Waals surface area contributed by atoms with Gasteiger partial charge in [0.25, 0.3) is 5.92 Å². The lowest BCUT2D eigenvalue weighted by molar-refractivity contribution is -0.142. The van der Waals surface area contributed by atoms with Gasteiger partial charge in [0.15, 0.2) is 0 Å². The zero-order valence-electron chi connectivity index (χ0n) is 13.3. The number of amides is 2. The number of carbonyl (C=O) groups excluding carboxylic acids is 2. The van der Waals surface area contributed by atoms with Crippen molar-refractivity contribution in [3.8, 4) is 0 Å². The molecule has 1 aromatic rings. The number of halogens is 2. The molecule has 2 aliphatic carbocycles. The first-order valence-corrected chi connectivity index (χ1v) is 8.42. The molecule has 8 heteroatoms. The van der Waals surface area contributed by atoms with Gasteiger partial charge in [-0.15, -0.1) is 0 Å². The fourth-order valence-electron chi connectivity index (χ4n) is 3.63. The van der Waals surface area contributed by atoms with E-state index in [2.05, 4.69) is 10.4 Å². The fraction of sp³-hybridized carbons (Fsp3) is 0.688. The van der Waals surface area contributed by atoms with E-state index >= 15 is 0 Å². The van der Waals surface area contributed by atoms with Crippen LogP contribution in [0, 0.1) is 5.92 Å². The Hall–Kier alpha value is -1.99. The summed E-state index contributed by atoms with van der Waals surface area (Å²) in [5.41, 5.74) is 0.799. The zero-order chi connectivity index (χ0) is 16.9. The van der Waals surface area contributed by atoms with E-state index < -0.39 is 18.0 Å². The van der Waals surface area contributed by atoms with Gasteiger partial charge in [0, 0.05) is 31.0 Å². The number of hydrogen-bond acceptors (Lipinski definition) is 3. The summed E-state index contributed by atoms with van der Waals surface area (Å²) >= 11 is 0. The third kappa shape index (κ3) is 2.67. The van der Waals surface area contributed by atoms with Crippen molar-refractivity contribution in [3.63, 3.8) is 0 Å². The van der Waals surface area contributed by atoms with Gasteiger partial charge in [0.05, 0.1) is 18.8 Å². The van der Waals surface area contributed by atoms with Gasteiger partial charge in [0.2, 0.25) is 11.8 Å². The highest BCUT2D eigenvalue weighted by atomic mass is 19.3. The molecule has 0 unspecified atom stereocenters. The molecule has 1 N–H and O–H groups in total. The van der Waals surface area contributed by atoms with E-state index in [1.54, 1.807) is 21.8 Å². The van der Waals surface area contributed by atoms with Crippen LogP contribution >= 0.6 is 0 Å². The molecule has 24 heavy (non-hydrogen) atoms. The van der Waals surface area contributed by atoms with Crippen LogP contribution in [0.3, 0.4) is 0 Å². The summed E-state index contributed by atoms with van der Waals surface area (Å²) < 4.78 is 27.5. The zero-order valence-corrected chi connectivity index (χ0v) is 13.3. The van der Waals surface area contributed by atoms with E-state index in [-0.39, 0.29) is 37.1 Å². The predicted molar refractivity (Wildman–Crippen MR) is 80.1 cm³/mol. The minimum Gasteiger partial charge on any atom is -0.351 e. The number of rotatable bonds is 3. The van der Waals surface area contributed by atoms with Gasteiger partial charge in [-0.25, -0.2) is 8.78 Å². The first kappa shape index (κ1) is 15.5. The minimum atomic E-state index is -2.67. The Morgan fingerprint density at radius 3 is 2.67 bits per heavy atom. The third-order valence-electron chi connectivity index (χ3n) is 5.30. The molecule has 3 aliphatic rings. The van der Waals surface area contributed by atoms with Crippen LogP contribution < -0.4 is 5.32 Å². The molecule has 1 atom stereocenters. The lowest BCUT2D eigenvalue weighted by Crippen LogP contribution is -2.55. The van der Waals surface area contributed by atoms with Crippen LogP contribution in [-0.4, -0.2) is 45.0 Å². The van der Waals surface area contributed by atoms with Gasteiger partial charge in [0.1, 0.15) is 6.04 Å². The molecule has 0 spiro atoms. The quantitative estimate of drug-likeness (QED) is 0.908. The van der Waals surface area contributed by atoms with Crippen molar-refractivity contribution in [3.05, 3.63) is 18.0 Å². The lowest BCUT2D eigenvalue weighted by Gasteiger charge is -2.39. The summed E-state index contributed by atoms with van der Waals surface area (Å²) in [5.74, 6) is -2.87. The van der Waals surface area contributed by atoms with Gasteiger partial charge >= 0.3 is 0 Å². The summed E-state index contributed by atoms with van der Waals surface area (Å²) in [6.45, 7) is 0.694. The summed E-state index contributed by atoms with van der Waals surface area (Å²) in [5, 5.41) is 6.85. The second-order valence-corrected chi connectivity index (χ2v) is 7.10. The van der Waals surface area contributed by atoms with Crippen LogP contribution in [0.25, 0.3) is 0 Å². The molecular weight excluding hydrogens is 318 g/mol. The van der Waals surface area contributed by atoms with Gasteiger partial charge in [-0.05, 0) is 18.9 Å². The molecule has 2 heterocycles. The van der Waals surface area contributed by atoms with Crippen molar-refractivity contribution in [2.75, 3.05) is 6.54 Å². The molecule has 0 bridgehead atoms. The average molecular weight is 338 g/mol. The molecule has 130 valence electrons. The molecule has 4 rings (SSSR count). The van der Waals surface area contributed by atoms with Crippen LogP contribution in [-0.2, 0) is 16.1 Å². The van der Waals surface area contributed by atoms with Crippen molar-refractivity contribution >= 4 is 11.8 Å². The van der Waals surface area contributed by atoms with Crippen molar-refractivity contribution in [1.29, 1.82) is 0 Å². The summed E-state index contributed by atoms with van der Waals surface area (Å²) in [7, 11) is 0. The van der Waals surface area contributed by atoms with E-state index in [1.165, 1.54) is 0 Å². The SMILES string of the molecule is O=C(NC1CC(F)(F)C1)[C@@H]1CN(C(=O)C2CCC2)Cc2ccnn21. The molecule has 1 aromatic heterocycles. The maximum absolute atomic E-state index is 13.0. The van der Waals surface area contributed by atoms with E-state index in [0.717, 1.165) is 25.0 Å². The van der Waals surface area contributed by atoms with Gasteiger partial charge in [-0.3, -0.25) is 14.3 Å². The van der Waals surface area contributed by atoms with E-state index in [1.807, 2.05) is 0 Å². The Labute approximate surface area is 138 Å². The maximum atomic E-state index is 13.0. The second-order valence-electron chi connectivity index (χ2n) is 7.10. The molecule has 1 aliphatic heterocycles. The average Bonchev–Trinajstić information content (AvgIpc) is 2.90. The second kappa shape index (κ2) is 5.53. The Kier molecular flexibility index (Phi) is 3.58. The predicted octanol–water partition coefficient (Wildman–Crippen LogP) is 1.48. The van der Waals surface area contributed by atoms with E-state index in [0.29, 0.717) is 6.54 Å². The van der Waals surface area contributed by atoms with Crippen LogP contribution in [0.1, 0.15) is 43.8 Å². The summed E-state index contributed by atoms with van der Waals surface area (Å²) in [6.07, 6.45) is 3.85. The first-order chi connectivity index (χ1) is 11.4. The number of fused-ring (bicyclic) bond motifs is 1. The lowest BCUT2D eigenvalue weighted by atomic mass is 9.84. The van der Waals surface area contributed by atoms with Gasteiger partial charge in [-0.1, -0.05) is 6.42 Å². The fourth-order valence-corrected chi connectivity index (χ4v) is 3.63. The van der Waals surface area contributed by atoms with Crippen LogP contribution in [0.2, 0.25) is 0 Å². The Bertz CT molecular complexity index is 663. The molecule has 2 amide bonds. The van der Waals surface area contributed by atoms with Crippen molar-refractivity contribution in [1.82, 2.24) is 20.0 Å². The smallest absolute Gasteiger partial charge is 0.252 e. The van der Waals surface area contributed by atoms with E-state index in [4.69, 9.17) is 0 Å². The highest BCUT2D eigenvalue weighted by molar-refractivity contribution is 5.84. The summed E-state index contributed by atoms with van der Waals surface area (Å²) in [6, 6.07) is 0.643. The van der Waals surface area contributed by atoms with Crippen molar-refractivity contribution in [2.24, 2.45) is 5.92 Å². The highest BCUT2D eigenvalue weighted by Gasteiger charge is 2.47. The number of nitrogens with one attached hydrogen (secondary N) is 1. The summed E-state index contributed by atoms with van der Waals surface area (Å²) in [4.78, 5) is 26.8. The standard InChI is InChI=1S/C16H20F2N4O2/c17-16(18)6-11(7-16)20-14(23)13-9-21(15(24)10-2-1-3-10)8-12-4-5-19-22(12)13/h4-5,10-11,13H,1-3,6-9H2,(H,20,23)/t13-/m0/s1. The number of aromatic nitrogens is 2. The van der Waals surface area contributed by atoms with Crippen LogP contribution in [0.15, 0.2) is 12.3 Å². The molecular formula is C16H20F2N4O2. The molecule has 0 saturated heterocycles. The van der Waals surface area contributed by atoms with Crippen molar-refractivity contribution in [2.45, 2.75) is 56.7 Å². The minimum absolute atomic E-state index is 0.0634. The van der Waals surface area contributed by atoms with Gasteiger partial charge < -0.3 is 10.2 Å². The Balaban J connectivity index is 1.47. The monoisotopic (exact) mass is 338 g/mol. The number of hydrogen-bond donors (Lipinski definition) is 1. The Morgan fingerprint density at radius 1 is 1.29 bits per heavy atom. The topological polar surface area (TPSA) is 67.2 Å². The molecule has 2 fully saturated rings. The van der Waals surface area contributed by atoms with Crippen LogP contribution in [0.4, 0.5) is 8.78 Å². The van der Waals surface area contributed by atoms with Gasteiger partial charge in [-0.2, -0.15) is 5.10 Å². The van der Waals surface area contributed by atoms with E-state index in [9.17, 15) is 18.4 Å². The molecule has 2 saturated carbocycles. The first-order valence-electron chi connectivity index (χ1n) is 8.42. The number of carbonyl (C=O) groups is 2. The van der Waals surface area contributed by atoms with Crippen molar-refractivity contribution < 1.29 is 18.4 Å². The normalized spacial score (nSPS) is 26.2. The number of alkyl halides is 2. The number of nitrogens with zero attached hydrogens (tertiary/aromatic N) is 3. The molecule has 6 nitrogen and oxygen atoms in total.